The lowest BCUT2D eigenvalue weighted by atomic mass is 10.1. The van der Waals surface area contributed by atoms with Gasteiger partial charge >= 0.3 is 0 Å². The first-order chi connectivity index (χ1) is 6.40. The Bertz CT molecular complexity index is 299. The molecule has 0 saturated heterocycles. The van der Waals surface area contributed by atoms with Crippen LogP contribution in [0.15, 0.2) is 18.2 Å². The van der Waals surface area contributed by atoms with E-state index in [-0.39, 0.29) is 0 Å². The Morgan fingerprint density at radius 3 is 3.15 bits per heavy atom. The lowest BCUT2D eigenvalue weighted by Gasteiger charge is -2.18. The summed E-state index contributed by atoms with van der Waals surface area (Å²) in [5.74, 6) is 0.937. The van der Waals surface area contributed by atoms with Crippen LogP contribution in [-0.4, -0.2) is 13.3 Å². The molecule has 1 aliphatic heterocycles. The van der Waals surface area contributed by atoms with Gasteiger partial charge in [0.25, 0.3) is 0 Å². The molecule has 1 aromatic rings. The van der Waals surface area contributed by atoms with E-state index < -0.39 is 0 Å². The predicted octanol–water partition coefficient (Wildman–Crippen LogP) is 1.05. The van der Waals surface area contributed by atoms with Crippen LogP contribution in [0.3, 0.4) is 0 Å². The van der Waals surface area contributed by atoms with E-state index in [9.17, 15) is 0 Å². The standard InChI is InChI=1S/C10H13NO2/c11-4-3-8-1-2-10-9(5-8)6-12-7-13-10/h1-2,5H,3-4,6-7,11H2. The monoisotopic (exact) mass is 179 g/mol. The van der Waals surface area contributed by atoms with E-state index in [2.05, 4.69) is 12.1 Å². The third-order valence-corrected chi connectivity index (χ3v) is 2.11. The van der Waals surface area contributed by atoms with Gasteiger partial charge in [0.1, 0.15) is 5.75 Å². The molecule has 3 nitrogen and oxygen atoms in total. The summed E-state index contributed by atoms with van der Waals surface area (Å²) in [6.45, 7) is 1.69. The summed E-state index contributed by atoms with van der Waals surface area (Å²) in [6, 6.07) is 6.14. The van der Waals surface area contributed by atoms with E-state index in [4.69, 9.17) is 15.2 Å². The molecule has 3 heteroatoms. The van der Waals surface area contributed by atoms with E-state index in [1.54, 1.807) is 0 Å². The number of fused-ring (bicyclic) bond motifs is 1. The average molecular weight is 179 g/mol. The van der Waals surface area contributed by atoms with Gasteiger partial charge in [0.15, 0.2) is 6.79 Å². The molecule has 1 aromatic carbocycles. The van der Waals surface area contributed by atoms with Crippen LogP contribution < -0.4 is 10.5 Å². The maximum absolute atomic E-state index is 5.47. The number of hydrogen-bond acceptors (Lipinski definition) is 3. The fourth-order valence-electron chi connectivity index (χ4n) is 1.47. The molecule has 0 bridgehead atoms. The second-order valence-electron chi connectivity index (χ2n) is 3.09. The zero-order chi connectivity index (χ0) is 9.10. The first-order valence-corrected chi connectivity index (χ1v) is 4.42. The van der Waals surface area contributed by atoms with Crippen LogP contribution in [0.5, 0.6) is 5.75 Å². The van der Waals surface area contributed by atoms with Gasteiger partial charge in [-0.15, -0.1) is 0 Å². The van der Waals surface area contributed by atoms with Crippen molar-refractivity contribution in [3.8, 4) is 5.75 Å². The van der Waals surface area contributed by atoms with E-state index in [1.165, 1.54) is 5.56 Å². The first kappa shape index (κ1) is 8.53. The number of benzene rings is 1. The molecule has 0 unspecified atom stereocenters. The highest BCUT2D eigenvalue weighted by Gasteiger charge is 2.09. The Labute approximate surface area is 77.5 Å². The fourth-order valence-corrected chi connectivity index (χ4v) is 1.47. The van der Waals surface area contributed by atoms with E-state index in [1.807, 2.05) is 6.07 Å². The summed E-state index contributed by atoms with van der Waals surface area (Å²) >= 11 is 0. The Morgan fingerprint density at radius 2 is 2.31 bits per heavy atom. The number of hydrogen-bond donors (Lipinski definition) is 1. The minimum atomic E-state index is 0.364. The lowest BCUT2D eigenvalue weighted by molar-refractivity contribution is -0.0164. The lowest BCUT2D eigenvalue weighted by Crippen LogP contribution is -2.12. The molecule has 2 N–H and O–H groups in total. The zero-order valence-electron chi connectivity index (χ0n) is 7.45. The van der Waals surface area contributed by atoms with Gasteiger partial charge in [-0.25, -0.2) is 0 Å². The van der Waals surface area contributed by atoms with Gasteiger partial charge in [-0.05, 0) is 30.7 Å². The highest BCUT2D eigenvalue weighted by molar-refractivity contribution is 5.37. The minimum Gasteiger partial charge on any atom is -0.467 e. The average Bonchev–Trinajstić information content (AvgIpc) is 2.18. The summed E-state index contributed by atoms with van der Waals surface area (Å²) in [7, 11) is 0. The molecule has 2 rings (SSSR count). The molecule has 70 valence electrons. The van der Waals surface area contributed by atoms with Gasteiger partial charge in [-0.3, -0.25) is 0 Å². The maximum Gasteiger partial charge on any atom is 0.189 e. The summed E-state index contributed by atoms with van der Waals surface area (Å²) in [5.41, 5.74) is 7.84. The molecule has 0 aromatic heterocycles. The second-order valence-corrected chi connectivity index (χ2v) is 3.09. The third kappa shape index (κ3) is 1.82. The van der Waals surface area contributed by atoms with Crippen molar-refractivity contribution in [1.82, 2.24) is 0 Å². The smallest absolute Gasteiger partial charge is 0.189 e. The normalized spacial score (nSPS) is 14.8. The van der Waals surface area contributed by atoms with E-state index in [0.717, 1.165) is 17.7 Å². The molecule has 1 heterocycles. The summed E-state index contributed by atoms with van der Waals surface area (Å²) < 4.78 is 10.5. The van der Waals surface area contributed by atoms with Crippen LogP contribution in [0.2, 0.25) is 0 Å². The van der Waals surface area contributed by atoms with Crippen molar-refractivity contribution >= 4 is 0 Å². The van der Waals surface area contributed by atoms with Gasteiger partial charge in [0.2, 0.25) is 0 Å². The van der Waals surface area contributed by atoms with Crippen LogP contribution in [-0.2, 0) is 17.8 Å². The van der Waals surface area contributed by atoms with Gasteiger partial charge in [-0.1, -0.05) is 6.07 Å². The third-order valence-electron chi connectivity index (χ3n) is 2.11. The van der Waals surface area contributed by atoms with E-state index in [0.29, 0.717) is 19.9 Å². The summed E-state index contributed by atoms with van der Waals surface area (Å²) in [5, 5.41) is 0. The van der Waals surface area contributed by atoms with E-state index >= 15 is 0 Å². The number of ether oxygens (including phenoxy) is 2. The molecule has 0 saturated carbocycles. The SMILES string of the molecule is NCCc1ccc2c(c1)COCO2. The minimum absolute atomic E-state index is 0.364. The van der Waals surface area contributed by atoms with Crippen LogP contribution in [0, 0.1) is 0 Å². The summed E-state index contributed by atoms with van der Waals surface area (Å²) in [4.78, 5) is 0. The molecular weight excluding hydrogens is 166 g/mol. The van der Waals surface area contributed by atoms with Crippen molar-refractivity contribution in [2.45, 2.75) is 13.0 Å². The van der Waals surface area contributed by atoms with Crippen LogP contribution >= 0.6 is 0 Å². The number of rotatable bonds is 2. The van der Waals surface area contributed by atoms with Crippen molar-refractivity contribution in [3.63, 3.8) is 0 Å². The Hall–Kier alpha value is -1.06. The van der Waals surface area contributed by atoms with Crippen molar-refractivity contribution < 1.29 is 9.47 Å². The largest absolute Gasteiger partial charge is 0.467 e. The molecule has 1 aliphatic rings. The van der Waals surface area contributed by atoms with Crippen LogP contribution in [0.25, 0.3) is 0 Å². The van der Waals surface area contributed by atoms with Crippen molar-refractivity contribution in [3.05, 3.63) is 29.3 Å². The molecular formula is C10H13NO2. The topological polar surface area (TPSA) is 44.5 Å². The van der Waals surface area contributed by atoms with Gasteiger partial charge < -0.3 is 15.2 Å². The quantitative estimate of drug-likeness (QED) is 0.738. The predicted molar refractivity (Wildman–Crippen MR) is 49.5 cm³/mol. The van der Waals surface area contributed by atoms with Crippen molar-refractivity contribution in [2.24, 2.45) is 5.73 Å². The molecule has 0 atom stereocenters. The van der Waals surface area contributed by atoms with Crippen molar-refractivity contribution in [2.75, 3.05) is 13.3 Å². The highest BCUT2D eigenvalue weighted by Crippen LogP contribution is 2.24. The van der Waals surface area contributed by atoms with Gasteiger partial charge in [0, 0.05) is 5.56 Å². The Morgan fingerprint density at radius 1 is 1.38 bits per heavy atom. The van der Waals surface area contributed by atoms with Crippen LogP contribution in [0.1, 0.15) is 11.1 Å². The summed E-state index contributed by atoms with van der Waals surface area (Å²) in [6.07, 6.45) is 0.910. The molecule has 0 spiro atoms. The van der Waals surface area contributed by atoms with Crippen LogP contribution in [0.4, 0.5) is 0 Å². The maximum atomic E-state index is 5.47. The van der Waals surface area contributed by atoms with Gasteiger partial charge in [0.05, 0.1) is 6.61 Å². The zero-order valence-corrected chi connectivity index (χ0v) is 7.45. The molecule has 0 aliphatic carbocycles. The Kier molecular flexibility index (Phi) is 2.47. The van der Waals surface area contributed by atoms with Gasteiger partial charge in [-0.2, -0.15) is 0 Å². The highest BCUT2D eigenvalue weighted by atomic mass is 16.7. The molecule has 0 radical (unpaired) electrons. The second kappa shape index (κ2) is 3.77. The molecule has 0 amide bonds. The fraction of sp³-hybridized carbons (Fsp3) is 0.400. The first-order valence-electron chi connectivity index (χ1n) is 4.42. The molecule has 0 fully saturated rings. The molecule has 13 heavy (non-hydrogen) atoms. The van der Waals surface area contributed by atoms with Crippen molar-refractivity contribution in [1.29, 1.82) is 0 Å². The Balaban J connectivity index is 2.24. The number of nitrogens with two attached hydrogens (primary N) is 1.